The van der Waals surface area contributed by atoms with Crippen LogP contribution in [0.4, 0.5) is 0 Å². The summed E-state index contributed by atoms with van der Waals surface area (Å²) in [5.74, 6) is 1.84. The Morgan fingerprint density at radius 3 is 1.05 bits per heavy atom. The third kappa shape index (κ3) is 4.16. The molecular formula is C57H42O2. The van der Waals surface area contributed by atoms with E-state index in [0.29, 0.717) is 0 Å². The van der Waals surface area contributed by atoms with Gasteiger partial charge in [0.25, 0.3) is 0 Å². The molecule has 2 aromatic heterocycles. The lowest BCUT2D eigenvalue weighted by Gasteiger charge is -2.25. The zero-order valence-electron chi connectivity index (χ0n) is 34.2. The lowest BCUT2D eigenvalue weighted by molar-refractivity contribution is 0.630. The summed E-state index contributed by atoms with van der Waals surface area (Å²) in [7, 11) is 0. The number of para-hydroxylation sites is 2. The minimum absolute atomic E-state index is 0.192. The summed E-state index contributed by atoms with van der Waals surface area (Å²) in [6, 6.07) is 54.0. The maximum Gasteiger partial charge on any atom is 0.136 e. The van der Waals surface area contributed by atoms with Gasteiger partial charge in [0.15, 0.2) is 0 Å². The van der Waals surface area contributed by atoms with E-state index in [1.165, 1.54) is 88.3 Å². The molecule has 0 saturated heterocycles. The van der Waals surface area contributed by atoms with Crippen LogP contribution in [0.15, 0.2) is 154 Å². The molecule has 2 nitrogen and oxygen atoms in total. The van der Waals surface area contributed by atoms with Gasteiger partial charge in [0, 0.05) is 38.1 Å². The number of rotatable bonds is 2. The SMILES string of the molecule is CC1(C)c2cc3c(cc2-c2cc4c(cc21)-c1c(cc(-c2cc5ccccc5o2)c2ccccc12)C4(C)C)C(C)(C)c1cc(-c2cc4ccccc4o2)c2ccccc2c1-3. The smallest absolute Gasteiger partial charge is 0.136 e. The minimum atomic E-state index is -0.213. The third-order valence-electron chi connectivity index (χ3n) is 14.7. The Labute approximate surface area is 343 Å². The molecule has 8 aromatic carbocycles. The van der Waals surface area contributed by atoms with Gasteiger partial charge >= 0.3 is 0 Å². The Morgan fingerprint density at radius 1 is 0.305 bits per heavy atom. The second-order valence-electron chi connectivity index (χ2n) is 18.8. The van der Waals surface area contributed by atoms with E-state index in [1.54, 1.807) is 0 Å². The van der Waals surface area contributed by atoms with Crippen molar-refractivity contribution in [1.82, 2.24) is 0 Å². The summed E-state index contributed by atoms with van der Waals surface area (Å²) in [4.78, 5) is 0. The molecule has 0 N–H and O–H groups in total. The van der Waals surface area contributed by atoms with Crippen LogP contribution in [-0.4, -0.2) is 0 Å². The Kier molecular flexibility index (Phi) is 6.16. The van der Waals surface area contributed by atoms with Gasteiger partial charge in [0.05, 0.1) is 0 Å². The standard InChI is InChI=1S/C57H42O2/c1-55(2)43-29-41-45(56(3,4)47-27-39(33-17-9-11-19-35(33)53(41)47)51-23-31-15-7-13-21-49(31)58-51)25-37(43)38-26-46-42(30-44(38)55)54-36-20-12-10-18-34(36)40(28-48(54)57(46,5)6)52-24-32-16-8-14-22-50(32)59-52/h7-30H,1-6H3. The lowest BCUT2D eigenvalue weighted by Crippen LogP contribution is -2.17. The van der Waals surface area contributed by atoms with Crippen molar-refractivity contribution in [3.8, 4) is 56.0 Å². The van der Waals surface area contributed by atoms with E-state index in [4.69, 9.17) is 8.83 Å². The summed E-state index contributed by atoms with van der Waals surface area (Å²) < 4.78 is 13.1. The van der Waals surface area contributed by atoms with E-state index in [-0.39, 0.29) is 16.2 Å². The zero-order valence-corrected chi connectivity index (χ0v) is 34.2. The molecule has 0 radical (unpaired) electrons. The van der Waals surface area contributed by atoms with Crippen LogP contribution >= 0.6 is 0 Å². The molecule has 282 valence electrons. The largest absolute Gasteiger partial charge is 0.456 e. The van der Waals surface area contributed by atoms with Gasteiger partial charge < -0.3 is 8.83 Å². The van der Waals surface area contributed by atoms with Crippen LogP contribution in [0.3, 0.4) is 0 Å². The molecule has 3 aliphatic carbocycles. The zero-order chi connectivity index (χ0) is 39.7. The molecule has 0 fully saturated rings. The summed E-state index contributed by atoms with van der Waals surface area (Å²) in [6.07, 6.45) is 0. The second kappa shape index (κ2) is 10.9. The van der Waals surface area contributed by atoms with Gasteiger partial charge in [-0.25, -0.2) is 0 Å². The fourth-order valence-electron chi connectivity index (χ4n) is 11.5. The highest BCUT2D eigenvalue weighted by Gasteiger charge is 2.45. The van der Waals surface area contributed by atoms with Crippen molar-refractivity contribution in [3.63, 3.8) is 0 Å². The quantitative estimate of drug-likeness (QED) is 0.175. The highest BCUT2D eigenvalue weighted by atomic mass is 16.3. The lowest BCUT2D eigenvalue weighted by atomic mass is 9.78. The molecule has 0 atom stereocenters. The maximum atomic E-state index is 6.54. The predicted octanol–water partition coefficient (Wildman–Crippen LogP) is 15.7. The van der Waals surface area contributed by atoms with Gasteiger partial charge in [-0.15, -0.1) is 0 Å². The molecule has 2 heteroatoms. The van der Waals surface area contributed by atoms with Crippen LogP contribution in [0.25, 0.3) is 99.5 Å². The molecule has 0 spiro atoms. The highest BCUT2D eigenvalue weighted by molar-refractivity contribution is 6.11. The molecule has 59 heavy (non-hydrogen) atoms. The van der Waals surface area contributed by atoms with Gasteiger partial charge in [-0.1, -0.05) is 126 Å². The summed E-state index contributed by atoms with van der Waals surface area (Å²) >= 11 is 0. The molecule has 0 saturated carbocycles. The fraction of sp³-hybridized carbons (Fsp3) is 0.158. The third-order valence-corrected chi connectivity index (χ3v) is 14.7. The Bertz CT molecular complexity index is 3230. The first-order valence-electron chi connectivity index (χ1n) is 21.0. The average molecular weight is 759 g/mol. The van der Waals surface area contributed by atoms with Crippen molar-refractivity contribution in [2.45, 2.75) is 57.8 Å². The molecule has 0 aliphatic heterocycles. The van der Waals surface area contributed by atoms with E-state index in [2.05, 4.69) is 175 Å². The summed E-state index contributed by atoms with van der Waals surface area (Å²) in [6.45, 7) is 14.5. The number of fused-ring (bicyclic) bond motifs is 15. The molecule has 0 amide bonds. The second-order valence-corrected chi connectivity index (χ2v) is 18.8. The molecule has 0 unspecified atom stereocenters. The molecule has 10 aromatic rings. The maximum absolute atomic E-state index is 6.54. The van der Waals surface area contributed by atoms with Crippen molar-refractivity contribution in [2.24, 2.45) is 0 Å². The fourth-order valence-corrected chi connectivity index (χ4v) is 11.5. The predicted molar refractivity (Wildman–Crippen MR) is 245 cm³/mol. The number of furan rings is 2. The topological polar surface area (TPSA) is 26.3 Å². The van der Waals surface area contributed by atoms with Crippen molar-refractivity contribution in [2.75, 3.05) is 0 Å². The van der Waals surface area contributed by atoms with E-state index in [1.807, 2.05) is 12.1 Å². The van der Waals surface area contributed by atoms with E-state index in [9.17, 15) is 0 Å². The van der Waals surface area contributed by atoms with Crippen molar-refractivity contribution in [1.29, 1.82) is 0 Å². The van der Waals surface area contributed by atoms with Crippen LogP contribution < -0.4 is 0 Å². The first kappa shape index (κ1) is 33.3. The van der Waals surface area contributed by atoms with E-state index < -0.39 is 0 Å². The summed E-state index contributed by atoms with van der Waals surface area (Å²) in [5, 5.41) is 7.28. The molecular weight excluding hydrogens is 717 g/mol. The van der Waals surface area contributed by atoms with Crippen LogP contribution in [0.5, 0.6) is 0 Å². The van der Waals surface area contributed by atoms with Gasteiger partial charge in [0.1, 0.15) is 22.7 Å². The first-order valence-corrected chi connectivity index (χ1v) is 21.0. The van der Waals surface area contributed by atoms with Crippen molar-refractivity contribution < 1.29 is 8.83 Å². The minimum Gasteiger partial charge on any atom is -0.456 e. The van der Waals surface area contributed by atoms with Gasteiger partial charge in [0.2, 0.25) is 0 Å². The number of hydrogen-bond acceptors (Lipinski definition) is 2. The number of benzene rings is 8. The Hall–Kier alpha value is -6.64. The van der Waals surface area contributed by atoms with Gasteiger partial charge in [-0.05, 0) is 149 Å². The average Bonchev–Trinajstić information content (AvgIpc) is 4.02. The van der Waals surface area contributed by atoms with Crippen LogP contribution in [-0.2, 0) is 16.2 Å². The van der Waals surface area contributed by atoms with Crippen molar-refractivity contribution >= 4 is 43.5 Å². The normalized spacial score (nSPS) is 16.0. The van der Waals surface area contributed by atoms with Crippen molar-refractivity contribution in [3.05, 3.63) is 179 Å². The molecule has 13 rings (SSSR count). The molecule has 2 heterocycles. The van der Waals surface area contributed by atoms with Crippen LogP contribution in [0, 0.1) is 0 Å². The van der Waals surface area contributed by atoms with Crippen LogP contribution in [0.2, 0.25) is 0 Å². The van der Waals surface area contributed by atoms with Gasteiger partial charge in [-0.2, -0.15) is 0 Å². The van der Waals surface area contributed by atoms with E-state index >= 15 is 0 Å². The number of hydrogen-bond donors (Lipinski definition) is 0. The first-order chi connectivity index (χ1) is 28.5. The Morgan fingerprint density at radius 2 is 0.627 bits per heavy atom. The van der Waals surface area contributed by atoms with E-state index in [0.717, 1.165) is 44.6 Å². The summed E-state index contributed by atoms with van der Waals surface area (Å²) in [5.41, 5.74) is 20.0. The van der Waals surface area contributed by atoms with Gasteiger partial charge in [-0.3, -0.25) is 0 Å². The monoisotopic (exact) mass is 758 g/mol. The molecule has 3 aliphatic rings. The highest BCUT2D eigenvalue weighted by Crippen LogP contribution is 2.61. The molecule has 0 bridgehead atoms. The van der Waals surface area contributed by atoms with Crippen LogP contribution in [0.1, 0.15) is 74.9 Å². The Balaban J connectivity index is 1.00.